The molecule has 4 heteroatoms. The van der Waals surface area contributed by atoms with Crippen LogP contribution in [0.3, 0.4) is 0 Å². The molecule has 0 atom stereocenters. The molecule has 0 saturated heterocycles. The first-order chi connectivity index (χ1) is 7.11. The van der Waals surface area contributed by atoms with Gasteiger partial charge in [-0.25, -0.2) is 0 Å². The lowest BCUT2D eigenvalue weighted by Crippen LogP contribution is -2.08. The van der Waals surface area contributed by atoms with Crippen molar-refractivity contribution in [3.63, 3.8) is 0 Å². The highest BCUT2D eigenvalue weighted by Crippen LogP contribution is 2.19. The molecular weight excluding hydrogens is 212 g/mol. The smallest absolute Gasteiger partial charge is 0.267 e. The maximum Gasteiger partial charge on any atom is 0.297 e. The molecular formula is C11H16O3S. The highest BCUT2D eigenvalue weighted by atomic mass is 32.2. The number of rotatable bonds is 5. The molecule has 0 amide bonds. The minimum absolute atomic E-state index is 0.169. The highest BCUT2D eigenvalue weighted by Gasteiger charge is 2.17. The van der Waals surface area contributed by atoms with Crippen LogP contribution in [0.2, 0.25) is 0 Å². The molecule has 0 aliphatic carbocycles. The molecule has 0 radical (unpaired) electrons. The summed E-state index contributed by atoms with van der Waals surface area (Å²) in [6.45, 7) is 3.85. The minimum Gasteiger partial charge on any atom is -0.267 e. The molecule has 1 rings (SSSR count). The van der Waals surface area contributed by atoms with E-state index in [1.165, 1.54) is 0 Å². The summed E-state index contributed by atoms with van der Waals surface area (Å²) in [5.74, 6) is 0. The summed E-state index contributed by atoms with van der Waals surface area (Å²) in [5.41, 5.74) is 0.827. The molecule has 1 aromatic carbocycles. The molecule has 0 aromatic heterocycles. The second kappa shape index (κ2) is 5.28. The topological polar surface area (TPSA) is 43.4 Å². The average molecular weight is 228 g/mol. The summed E-state index contributed by atoms with van der Waals surface area (Å²) in [4.78, 5) is 0.300. The van der Waals surface area contributed by atoms with Crippen molar-refractivity contribution < 1.29 is 12.6 Å². The summed E-state index contributed by atoms with van der Waals surface area (Å²) in [6, 6.07) is 6.98. The van der Waals surface area contributed by atoms with Gasteiger partial charge in [0.1, 0.15) is 0 Å². The van der Waals surface area contributed by atoms with Gasteiger partial charge in [0.2, 0.25) is 0 Å². The van der Waals surface area contributed by atoms with E-state index in [-0.39, 0.29) is 6.61 Å². The maximum atomic E-state index is 11.7. The quantitative estimate of drug-likeness (QED) is 0.727. The Morgan fingerprint density at radius 3 is 2.47 bits per heavy atom. The van der Waals surface area contributed by atoms with Crippen molar-refractivity contribution in [3.8, 4) is 0 Å². The van der Waals surface area contributed by atoms with Gasteiger partial charge in [-0.05, 0) is 25.0 Å². The molecule has 84 valence electrons. The molecule has 0 heterocycles. The zero-order valence-corrected chi connectivity index (χ0v) is 9.88. The monoisotopic (exact) mass is 228 g/mol. The lowest BCUT2D eigenvalue weighted by molar-refractivity contribution is 0.337. The highest BCUT2D eigenvalue weighted by molar-refractivity contribution is 7.86. The van der Waals surface area contributed by atoms with Gasteiger partial charge < -0.3 is 0 Å². The molecule has 0 unspecified atom stereocenters. The normalized spacial score (nSPS) is 11.6. The van der Waals surface area contributed by atoms with Crippen LogP contribution in [0, 0.1) is 0 Å². The van der Waals surface area contributed by atoms with Crippen LogP contribution in [0.25, 0.3) is 0 Å². The second-order valence-electron chi connectivity index (χ2n) is 3.22. The maximum absolute atomic E-state index is 11.7. The third-order valence-electron chi connectivity index (χ3n) is 2.03. The Balaban J connectivity index is 3.12. The first kappa shape index (κ1) is 12.2. The van der Waals surface area contributed by atoms with Crippen molar-refractivity contribution >= 4 is 10.1 Å². The summed E-state index contributed by atoms with van der Waals surface area (Å²) in [5, 5.41) is 0. The SMILES string of the molecule is CCCc1ccccc1S(=O)(=O)OCC. The fraction of sp³-hybridized carbons (Fsp3) is 0.455. The molecule has 3 nitrogen and oxygen atoms in total. The van der Waals surface area contributed by atoms with Crippen LogP contribution in [0.15, 0.2) is 29.2 Å². The van der Waals surface area contributed by atoms with E-state index in [2.05, 4.69) is 0 Å². The van der Waals surface area contributed by atoms with E-state index in [9.17, 15) is 8.42 Å². The molecule has 0 N–H and O–H groups in total. The first-order valence-electron chi connectivity index (χ1n) is 5.09. The van der Waals surface area contributed by atoms with Gasteiger partial charge in [-0.2, -0.15) is 8.42 Å². The van der Waals surface area contributed by atoms with Gasteiger partial charge in [0.15, 0.2) is 0 Å². The van der Waals surface area contributed by atoms with E-state index in [0.29, 0.717) is 4.90 Å². The predicted octanol–water partition coefficient (Wildman–Crippen LogP) is 2.36. The van der Waals surface area contributed by atoms with Crippen LogP contribution >= 0.6 is 0 Å². The van der Waals surface area contributed by atoms with Crippen molar-refractivity contribution in [1.29, 1.82) is 0 Å². The van der Waals surface area contributed by atoms with E-state index in [1.807, 2.05) is 19.1 Å². The molecule has 0 aliphatic heterocycles. The third-order valence-corrected chi connectivity index (χ3v) is 3.52. The third kappa shape index (κ3) is 3.04. The molecule has 0 aliphatic rings. The van der Waals surface area contributed by atoms with Crippen molar-refractivity contribution in [1.82, 2.24) is 0 Å². The number of benzene rings is 1. The van der Waals surface area contributed by atoms with Gasteiger partial charge in [0.25, 0.3) is 10.1 Å². The van der Waals surface area contributed by atoms with E-state index in [4.69, 9.17) is 4.18 Å². The largest absolute Gasteiger partial charge is 0.297 e. The molecule has 0 fully saturated rings. The number of hydrogen-bond acceptors (Lipinski definition) is 3. The predicted molar refractivity (Wildman–Crippen MR) is 59.2 cm³/mol. The van der Waals surface area contributed by atoms with Crippen LogP contribution < -0.4 is 0 Å². The molecule has 0 saturated carbocycles. The average Bonchev–Trinajstić information content (AvgIpc) is 2.19. The van der Waals surface area contributed by atoms with Gasteiger partial charge in [0.05, 0.1) is 11.5 Å². The summed E-state index contributed by atoms with van der Waals surface area (Å²) in [6.07, 6.45) is 1.67. The molecule has 15 heavy (non-hydrogen) atoms. The van der Waals surface area contributed by atoms with Crippen LogP contribution in [0.5, 0.6) is 0 Å². The lowest BCUT2D eigenvalue weighted by atomic mass is 10.1. The van der Waals surface area contributed by atoms with Crippen LogP contribution in [-0.4, -0.2) is 15.0 Å². The van der Waals surface area contributed by atoms with Gasteiger partial charge in [-0.3, -0.25) is 4.18 Å². The van der Waals surface area contributed by atoms with Crippen molar-refractivity contribution in [2.45, 2.75) is 31.6 Å². The van der Waals surface area contributed by atoms with Gasteiger partial charge >= 0.3 is 0 Å². The van der Waals surface area contributed by atoms with Crippen molar-refractivity contribution in [2.75, 3.05) is 6.61 Å². The van der Waals surface area contributed by atoms with Crippen LogP contribution in [0.1, 0.15) is 25.8 Å². The Labute approximate surface area is 91.2 Å². The Kier molecular flexibility index (Phi) is 4.29. The number of hydrogen-bond donors (Lipinski definition) is 0. The van der Waals surface area contributed by atoms with Gasteiger partial charge in [-0.15, -0.1) is 0 Å². The minimum atomic E-state index is -3.56. The lowest BCUT2D eigenvalue weighted by Gasteiger charge is -2.08. The van der Waals surface area contributed by atoms with Crippen LogP contribution in [-0.2, 0) is 20.7 Å². The molecule has 0 spiro atoms. The van der Waals surface area contributed by atoms with Crippen LogP contribution in [0.4, 0.5) is 0 Å². The Morgan fingerprint density at radius 1 is 1.20 bits per heavy atom. The van der Waals surface area contributed by atoms with E-state index >= 15 is 0 Å². The van der Waals surface area contributed by atoms with Gasteiger partial charge in [0, 0.05) is 0 Å². The Bertz CT molecular complexity index is 410. The zero-order chi connectivity index (χ0) is 11.3. The van der Waals surface area contributed by atoms with Gasteiger partial charge in [-0.1, -0.05) is 31.5 Å². The molecule has 1 aromatic rings. The van der Waals surface area contributed by atoms with Crippen molar-refractivity contribution in [2.24, 2.45) is 0 Å². The van der Waals surface area contributed by atoms with E-state index in [1.54, 1.807) is 19.1 Å². The summed E-state index contributed by atoms with van der Waals surface area (Å²) >= 11 is 0. The van der Waals surface area contributed by atoms with E-state index in [0.717, 1.165) is 18.4 Å². The summed E-state index contributed by atoms with van der Waals surface area (Å²) < 4.78 is 28.2. The van der Waals surface area contributed by atoms with E-state index < -0.39 is 10.1 Å². The standard InChI is InChI=1S/C11H16O3S/c1-3-7-10-8-5-6-9-11(10)15(12,13)14-4-2/h5-6,8-9H,3-4,7H2,1-2H3. The fourth-order valence-corrected chi connectivity index (χ4v) is 2.62. The second-order valence-corrected chi connectivity index (χ2v) is 4.80. The van der Waals surface area contributed by atoms with Crippen molar-refractivity contribution in [3.05, 3.63) is 29.8 Å². The first-order valence-corrected chi connectivity index (χ1v) is 6.50. The zero-order valence-electron chi connectivity index (χ0n) is 9.06. The Hall–Kier alpha value is -0.870. The number of aryl methyl sites for hydroxylation is 1. The fourth-order valence-electron chi connectivity index (χ4n) is 1.44. The Morgan fingerprint density at radius 2 is 1.87 bits per heavy atom. The molecule has 0 bridgehead atoms. The summed E-state index contributed by atoms with van der Waals surface area (Å²) in [7, 11) is -3.56.